The van der Waals surface area contributed by atoms with Crippen molar-refractivity contribution in [3.8, 4) is 11.5 Å². The van der Waals surface area contributed by atoms with Gasteiger partial charge in [0, 0.05) is 0 Å². The molecule has 1 N–H and O–H groups in total. The molecule has 1 aliphatic carbocycles. The van der Waals surface area contributed by atoms with Gasteiger partial charge in [-0.2, -0.15) is 0 Å². The van der Waals surface area contributed by atoms with E-state index >= 15 is 0 Å². The molecule has 0 spiro atoms. The van der Waals surface area contributed by atoms with Crippen LogP contribution in [0.3, 0.4) is 0 Å². The van der Waals surface area contributed by atoms with Gasteiger partial charge in [0.25, 0.3) is 3.79 Å². The van der Waals surface area contributed by atoms with Gasteiger partial charge in [0.2, 0.25) is 5.90 Å². The minimum Gasteiger partial charge on any atom is -0.497 e. The quantitative estimate of drug-likeness (QED) is 0.274. The molecule has 1 aromatic rings. The van der Waals surface area contributed by atoms with Crippen LogP contribution in [0.1, 0.15) is 26.7 Å². The first-order chi connectivity index (χ1) is 12.2. The van der Waals surface area contributed by atoms with Gasteiger partial charge in [-0.05, 0) is 61.4 Å². The van der Waals surface area contributed by atoms with Crippen LogP contribution in [-0.4, -0.2) is 29.5 Å². The Bertz CT molecular complexity index is 640. The molecule has 1 aromatic carbocycles. The van der Waals surface area contributed by atoms with E-state index in [1.165, 1.54) is 0 Å². The fourth-order valence-corrected chi connectivity index (χ4v) is 3.01. The highest BCUT2D eigenvalue weighted by Crippen LogP contribution is 2.35. The monoisotopic (exact) mass is 419 g/mol. The van der Waals surface area contributed by atoms with E-state index in [1.54, 1.807) is 7.11 Å². The Kier molecular flexibility index (Phi) is 7.51. The summed E-state index contributed by atoms with van der Waals surface area (Å²) in [6.07, 6.45) is 3.59. The minimum atomic E-state index is -1.84. The van der Waals surface area contributed by atoms with E-state index in [0.717, 1.165) is 29.9 Å². The lowest BCUT2D eigenvalue weighted by Gasteiger charge is -2.33. The summed E-state index contributed by atoms with van der Waals surface area (Å²) in [5.74, 6) is 1.95. The van der Waals surface area contributed by atoms with E-state index in [4.69, 9.17) is 54.4 Å². The summed E-state index contributed by atoms with van der Waals surface area (Å²) in [5.41, 5.74) is 1.06. The Morgan fingerprint density at radius 2 is 1.85 bits per heavy atom. The van der Waals surface area contributed by atoms with Gasteiger partial charge in [-0.3, -0.25) is 5.41 Å². The Hall–Kier alpha value is -1.10. The van der Waals surface area contributed by atoms with Crippen molar-refractivity contribution in [2.45, 2.75) is 36.6 Å². The third-order valence-corrected chi connectivity index (χ3v) is 5.18. The number of hydrogen-bond donors (Lipinski definition) is 1. The van der Waals surface area contributed by atoms with Crippen LogP contribution in [0.4, 0.5) is 0 Å². The van der Waals surface area contributed by atoms with E-state index < -0.39 is 3.79 Å². The molecule has 0 radical (unpaired) electrons. The Morgan fingerprint density at radius 3 is 2.42 bits per heavy atom. The van der Waals surface area contributed by atoms with Crippen molar-refractivity contribution in [2.75, 3.05) is 13.7 Å². The van der Waals surface area contributed by atoms with Crippen LogP contribution in [0, 0.1) is 17.2 Å². The SMILES string of the molecule is COc1ccc(OC[C@@H](C)[C@H]2CC=C(C)[C@@H](OC(=N)C(Cl)(Cl)Cl)C2)cc1. The maximum atomic E-state index is 7.79. The summed E-state index contributed by atoms with van der Waals surface area (Å²) < 4.78 is 14.8. The molecule has 0 saturated carbocycles. The lowest BCUT2D eigenvalue weighted by atomic mass is 9.80. The highest BCUT2D eigenvalue weighted by atomic mass is 35.6. The van der Waals surface area contributed by atoms with Crippen LogP contribution in [0.25, 0.3) is 0 Å². The fraction of sp³-hybridized carbons (Fsp3) is 0.526. The first-order valence-corrected chi connectivity index (χ1v) is 9.60. The van der Waals surface area contributed by atoms with E-state index in [-0.39, 0.29) is 12.0 Å². The average molecular weight is 421 g/mol. The molecule has 0 heterocycles. The number of alkyl halides is 3. The number of nitrogens with one attached hydrogen (secondary N) is 1. The summed E-state index contributed by atoms with van der Waals surface area (Å²) in [6, 6.07) is 7.53. The predicted molar refractivity (Wildman–Crippen MR) is 107 cm³/mol. The van der Waals surface area contributed by atoms with Crippen molar-refractivity contribution >= 4 is 40.7 Å². The Balaban J connectivity index is 1.90. The van der Waals surface area contributed by atoms with E-state index in [2.05, 4.69) is 13.0 Å². The van der Waals surface area contributed by atoms with Crippen molar-refractivity contribution < 1.29 is 14.2 Å². The first-order valence-electron chi connectivity index (χ1n) is 8.46. The summed E-state index contributed by atoms with van der Waals surface area (Å²) in [6.45, 7) is 4.73. The molecule has 0 amide bonds. The smallest absolute Gasteiger partial charge is 0.265 e. The number of allylic oxidation sites excluding steroid dienone is 1. The number of benzene rings is 1. The number of rotatable bonds is 6. The summed E-state index contributed by atoms with van der Waals surface area (Å²) in [4.78, 5) is 0. The molecule has 4 nitrogen and oxygen atoms in total. The van der Waals surface area contributed by atoms with E-state index in [1.807, 2.05) is 31.2 Å². The molecule has 0 saturated heterocycles. The molecule has 0 unspecified atom stereocenters. The van der Waals surface area contributed by atoms with E-state index in [0.29, 0.717) is 18.4 Å². The molecular weight excluding hydrogens is 397 g/mol. The standard InChI is InChI=1S/C19H24Cl3NO3/c1-12-4-5-14(10-17(12)26-18(23)19(20,21)22)13(2)11-25-16-8-6-15(24-3)7-9-16/h4,6-9,13-14,17,23H,5,10-11H2,1-3H3/t13-,14+,17+/m1/s1. The lowest BCUT2D eigenvalue weighted by molar-refractivity contribution is 0.129. The average Bonchev–Trinajstić information content (AvgIpc) is 2.61. The van der Waals surface area contributed by atoms with Crippen LogP contribution in [0.15, 0.2) is 35.9 Å². The Morgan fingerprint density at radius 1 is 1.23 bits per heavy atom. The molecule has 3 atom stereocenters. The first kappa shape index (κ1) is 21.2. The highest BCUT2D eigenvalue weighted by molar-refractivity contribution is 6.76. The lowest BCUT2D eigenvalue weighted by Crippen LogP contribution is -2.33. The summed E-state index contributed by atoms with van der Waals surface area (Å²) >= 11 is 17.2. The van der Waals surface area contributed by atoms with Crippen LogP contribution >= 0.6 is 34.8 Å². The van der Waals surface area contributed by atoms with Crippen LogP contribution in [0.5, 0.6) is 11.5 Å². The van der Waals surface area contributed by atoms with Gasteiger partial charge in [-0.1, -0.05) is 47.8 Å². The number of halogens is 3. The molecule has 2 rings (SSSR count). The minimum absolute atomic E-state index is 0.250. The summed E-state index contributed by atoms with van der Waals surface area (Å²) in [5, 5.41) is 7.79. The zero-order chi connectivity index (χ0) is 19.3. The molecule has 0 fully saturated rings. The van der Waals surface area contributed by atoms with Gasteiger partial charge < -0.3 is 14.2 Å². The molecular formula is C19H24Cl3NO3. The van der Waals surface area contributed by atoms with Crippen molar-refractivity contribution in [3.05, 3.63) is 35.9 Å². The maximum absolute atomic E-state index is 7.79. The molecule has 0 aliphatic heterocycles. The highest BCUT2D eigenvalue weighted by Gasteiger charge is 2.34. The molecule has 0 bridgehead atoms. The van der Waals surface area contributed by atoms with Crippen molar-refractivity contribution in [1.29, 1.82) is 5.41 Å². The second kappa shape index (κ2) is 9.20. The van der Waals surface area contributed by atoms with Gasteiger partial charge in [0.15, 0.2) is 0 Å². The predicted octanol–water partition coefficient (Wildman–Crippen LogP) is 5.80. The molecule has 1 aliphatic rings. The zero-order valence-electron chi connectivity index (χ0n) is 15.1. The second-order valence-corrected chi connectivity index (χ2v) is 8.86. The Labute approximate surface area is 169 Å². The fourth-order valence-electron chi connectivity index (χ4n) is 2.88. The van der Waals surface area contributed by atoms with Gasteiger partial charge in [-0.25, -0.2) is 0 Å². The number of hydrogen-bond acceptors (Lipinski definition) is 4. The molecule has 7 heteroatoms. The number of ether oxygens (including phenoxy) is 3. The largest absolute Gasteiger partial charge is 0.497 e. The van der Waals surface area contributed by atoms with Crippen molar-refractivity contribution in [3.63, 3.8) is 0 Å². The third-order valence-electron chi connectivity index (χ3n) is 4.66. The van der Waals surface area contributed by atoms with Crippen LogP contribution in [-0.2, 0) is 4.74 Å². The summed E-state index contributed by atoms with van der Waals surface area (Å²) in [7, 11) is 1.64. The van der Waals surface area contributed by atoms with Crippen molar-refractivity contribution in [2.24, 2.45) is 11.8 Å². The van der Waals surface area contributed by atoms with Gasteiger partial charge in [-0.15, -0.1) is 0 Å². The van der Waals surface area contributed by atoms with Crippen molar-refractivity contribution in [1.82, 2.24) is 0 Å². The van der Waals surface area contributed by atoms with Gasteiger partial charge in [0.05, 0.1) is 13.7 Å². The topological polar surface area (TPSA) is 51.5 Å². The van der Waals surface area contributed by atoms with E-state index in [9.17, 15) is 0 Å². The van der Waals surface area contributed by atoms with Gasteiger partial charge in [0.1, 0.15) is 17.6 Å². The zero-order valence-corrected chi connectivity index (χ0v) is 17.4. The molecule has 26 heavy (non-hydrogen) atoms. The third kappa shape index (κ3) is 5.97. The second-order valence-electron chi connectivity index (χ2n) is 6.58. The van der Waals surface area contributed by atoms with Crippen LogP contribution in [0.2, 0.25) is 0 Å². The molecule has 0 aromatic heterocycles. The molecule has 144 valence electrons. The van der Waals surface area contributed by atoms with Gasteiger partial charge >= 0.3 is 0 Å². The maximum Gasteiger partial charge on any atom is 0.265 e. The van der Waals surface area contributed by atoms with Crippen LogP contribution < -0.4 is 9.47 Å². The normalized spacial score (nSPS) is 21.5. The number of methoxy groups -OCH3 is 1.